The van der Waals surface area contributed by atoms with Crippen LogP contribution in [0.5, 0.6) is 5.75 Å². The zero-order valence-electron chi connectivity index (χ0n) is 15.7. The first kappa shape index (κ1) is 19.0. The number of likely N-dealkylation sites (tertiary alicyclic amines) is 2. The Hall–Kier alpha value is -2.77. The maximum absolute atomic E-state index is 12.6. The maximum Gasteiger partial charge on any atom is 0.321 e. The van der Waals surface area contributed by atoms with E-state index in [0.717, 1.165) is 25.9 Å². The number of amides is 3. The summed E-state index contributed by atoms with van der Waals surface area (Å²) >= 11 is 0. The molecule has 146 valence electrons. The van der Waals surface area contributed by atoms with Crippen molar-refractivity contribution in [2.24, 2.45) is 5.41 Å². The third-order valence-electron chi connectivity index (χ3n) is 5.36. The van der Waals surface area contributed by atoms with Crippen LogP contribution >= 0.6 is 0 Å². The molecule has 2 fully saturated rings. The van der Waals surface area contributed by atoms with Gasteiger partial charge in [0.05, 0.1) is 18.2 Å². The van der Waals surface area contributed by atoms with Gasteiger partial charge in [0.1, 0.15) is 5.75 Å². The van der Waals surface area contributed by atoms with E-state index < -0.39 is 17.4 Å². The number of rotatable bonds is 4. The van der Waals surface area contributed by atoms with Crippen molar-refractivity contribution in [1.29, 1.82) is 0 Å². The molecule has 1 unspecified atom stereocenters. The average molecular weight is 375 g/mol. The van der Waals surface area contributed by atoms with Crippen molar-refractivity contribution in [3.05, 3.63) is 23.8 Å². The highest BCUT2D eigenvalue weighted by molar-refractivity contribution is 5.98. The van der Waals surface area contributed by atoms with E-state index in [1.165, 1.54) is 12.0 Å². The number of anilines is 1. The number of aliphatic carboxylic acids is 1. The van der Waals surface area contributed by atoms with Gasteiger partial charge in [-0.3, -0.25) is 9.59 Å². The standard InChI is InChI=1S/C19H25N3O5/c1-19(17(24)25)7-10-22(12-19)18(26)20-14-11-13(5-6-15(14)27-2)16(23)21-8-3-4-9-21/h5-6,11H,3-4,7-10,12H2,1-2H3,(H,20,26)(H,24,25). The summed E-state index contributed by atoms with van der Waals surface area (Å²) < 4.78 is 5.30. The summed E-state index contributed by atoms with van der Waals surface area (Å²) in [4.78, 5) is 39.8. The molecule has 0 radical (unpaired) electrons. The van der Waals surface area contributed by atoms with E-state index in [1.54, 1.807) is 30.0 Å². The molecule has 8 nitrogen and oxygen atoms in total. The minimum absolute atomic E-state index is 0.0646. The number of benzene rings is 1. The summed E-state index contributed by atoms with van der Waals surface area (Å²) in [7, 11) is 1.49. The van der Waals surface area contributed by atoms with Crippen molar-refractivity contribution < 1.29 is 24.2 Å². The summed E-state index contributed by atoms with van der Waals surface area (Å²) in [6.45, 7) is 3.63. The molecule has 0 bridgehead atoms. The predicted molar refractivity (Wildman–Crippen MR) is 99.1 cm³/mol. The van der Waals surface area contributed by atoms with Crippen molar-refractivity contribution in [2.75, 3.05) is 38.6 Å². The van der Waals surface area contributed by atoms with Crippen molar-refractivity contribution in [3.8, 4) is 5.75 Å². The monoisotopic (exact) mass is 375 g/mol. The van der Waals surface area contributed by atoms with E-state index in [4.69, 9.17) is 4.74 Å². The Morgan fingerprint density at radius 1 is 1.15 bits per heavy atom. The van der Waals surface area contributed by atoms with E-state index in [9.17, 15) is 19.5 Å². The Morgan fingerprint density at radius 3 is 2.44 bits per heavy atom. The van der Waals surface area contributed by atoms with Gasteiger partial charge in [-0.15, -0.1) is 0 Å². The van der Waals surface area contributed by atoms with Crippen LogP contribution in [0.15, 0.2) is 18.2 Å². The first-order valence-corrected chi connectivity index (χ1v) is 9.11. The summed E-state index contributed by atoms with van der Waals surface area (Å²) in [6.07, 6.45) is 2.41. The molecule has 0 spiro atoms. The van der Waals surface area contributed by atoms with Gasteiger partial charge < -0.3 is 25.0 Å². The largest absolute Gasteiger partial charge is 0.495 e. The second-order valence-corrected chi connectivity index (χ2v) is 7.38. The van der Waals surface area contributed by atoms with Gasteiger partial charge in [-0.1, -0.05) is 0 Å². The zero-order valence-corrected chi connectivity index (χ0v) is 15.7. The highest BCUT2D eigenvalue weighted by Crippen LogP contribution is 2.32. The van der Waals surface area contributed by atoms with Crippen LogP contribution < -0.4 is 10.1 Å². The van der Waals surface area contributed by atoms with Crippen LogP contribution in [-0.4, -0.2) is 66.1 Å². The number of ether oxygens (including phenoxy) is 1. The number of carbonyl (C=O) groups excluding carboxylic acids is 2. The quantitative estimate of drug-likeness (QED) is 0.841. The molecule has 0 saturated carbocycles. The van der Waals surface area contributed by atoms with Gasteiger partial charge in [0, 0.05) is 31.7 Å². The van der Waals surface area contributed by atoms with Crippen LogP contribution in [-0.2, 0) is 4.79 Å². The normalized spacial score (nSPS) is 22.0. The summed E-state index contributed by atoms with van der Waals surface area (Å²) in [6, 6.07) is 4.56. The number of nitrogens with one attached hydrogen (secondary N) is 1. The van der Waals surface area contributed by atoms with Gasteiger partial charge in [0.2, 0.25) is 0 Å². The highest BCUT2D eigenvalue weighted by Gasteiger charge is 2.42. The minimum Gasteiger partial charge on any atom is -0.495 e. The Balaban J connectivity index is 1.75. The fourth-order valence-electron chi connectivity index (χ4n) is 3.54. The van der Waals surface area contributed by atoms with Gasteiger partial charge in [0.15, 0.2) is 0 Å². The van der Waals surface area contributed by atoms with E-state index in [2.05, 4.69) is 5.32 Å². The average Bonchev–Trinajstić information content (AvgIpc) is 3.31. The molecular formula is C19H25N3O5. The molecule has 3 rings (SSSR count). The highest BCUT2D eigenvalue weighted by atomic mass is 16.5. The lowest BCUT2D eigenvalue weighted by Crippen LogP contribution is -2.37. The molecule has 0 aromatic heterocycles. The van der Waals surface area contributed by atoms with Crippen LogP contribution in [0.2, 0.25) is 0 Å². The Bertz CT molecular complexity index is 760. The summed E-state index contributed by atoms with van der Waals surface area (Å²) in [5.41, 5.74) is -0.0455. The third kappa shape index (κ3) is 3.84. The lowest BCUT2D eigenvalue weighted by atomic mass is 9.90. The molecule has 2 aliphatic heterocycles. The molecule has 2 N–H and O–H groups in total. The molecule has 1 atom stereocenters. The molecular weight excluding hydrogens is 350 g/mol. The molecule has 2 aliphatic rings. The zero-order chi connectivity index (χ0) is 19.6. The molecule has 8 heteroatoms. The topological polar surface area (TPSA) is 99.2 Å². The van der Waals surface area contributed by atoms with Crippen molar-refractivity contribution in [2.45, 2.75) is 26.2 Å². The summed E-state index contributed by atoms with van der Waals surface area (Å²) in [5.74, 6) is -0.527. The van der Waals surface area contributed by atoms with Gasteiger partial charge >= 0.3 is 12.0 Å². The van der Waals surface area contributed by atoms with Crippen LogP contribution in [0.1, 0.15) is 36.5 Å². The molecule has 3 amide bonds. The van der Waals surface area contributed by atoms with E-state index in [0.29, 0.717) is 30.0 Å². The number of carboxylic acids is 1. The number of carboxylic acid groups (broad SMARTS) is 1. The van der Waals surface area contributed by atoms with Crippen LogP contribution in [0.4, 0.5) is 10.5 Å². The van der Waals surface area contributed by atoms with Gasteiger partial charge in [0.25, 0.3) is 5.91 Å². The number of methoxy groups -OCH3 is 1. The lowest BCUT2D eigenvalue weighted by Gasteiger charge is -2.21. The smallest absolute Gasteiger partial charge is 0.321 e. The lowest BCUT2D eigenvalue weighted by molar-refractivity contribution is -0.146. The van der Waals surface area contributed by atoms with Gasteiger partial charge in [-0.2, -0.15) is 0 Å². The van der Waals surface area contributed by atoms with Crippen molar-refractivity contribution >= 4 is 23.6 Å². The Morgan fingerprint density at radius 2 is 1.85 bits per heavy atom. The summed E-state index contributed by atoms with van der Waals surface area (Å²) in [5, 5.41) is 12.1. The number of carbonyl (C=O) groups is 3. The minimum atomic E-state index is -0.936. The number of urea groups is 1. The number of hydrogen-bond donors (Lipinski definition) is 2. The maximum atomic E-state index is 12.6. The third-order valence-corrected chi connectivity index (χ3v) is 5.36. The number of hydrogen-bond acceptors (Lipinski definition) is 4. The first-order valence-electron chi connectivity index (χ1n) is 9.11. The van der Waals surface area contributed by atoms with E-state index >= 15 is 0 Å². The molecule has 2 heterocycles. The Labute approximate surface area is 158 Å². The SMILES string of the molecule is COc1ccc(C(=O)N2CCCC2)cc1NC(=O)N1CCC(C)(C(=O)O)C1. The van der Waals surface area contributed by atoms with Gasteiger partial charge in [-0.25, -0.2) is 4.79 Å². The fraction of sp³-hybridized carbons (Fsp3) is 0.526. The second-order valence-electron chi connectivity index (χ2n) is 7.38. The van der Waals surface area contributed by atoms with E-state index in [-0.39, 0.29) is 12.5 Å². The first-order chi connectivity index (χ1) is 12.8. The second kappa shape index (κ2) is 7.46. The van der Waals surface area contributed by atoms with Crippen LogP contribution in [0.3, 0.4) is 0 Å². The molecule has 2 saturated heterocycles. The molecule has 1 aromatic carbocycles. The van der Waals surface area contributed by atoms with Crippen molar-refractivity contribution in [3.63, 3.8) is 0 Å². The molecule has 0 aliphatic carbocycles. The molecule has 27 heavy (non-hydrogen) atoms. The Kier molecular flexibility index (Phi) is 5.25. The van der Waals surface area contributed by atoms with Crippen LogP contribution in [0, 0.1) is 5.41 Å². The van der Waals surface area contributed by atoms with Crippen molar-refractivity contribution in [1.82, 2.24) is 9.80 Å². The fourth-order valence-corrected chi connectivity index (χ4v) is 3.54. The number of nitrogens with zero attached hydrogens (tertiary/aromatic N) is 2. The van der Waals surface area contributed by atoms with Gasteiger partial charge in [-0.05, 0) is 44.4 Å². The predicted octanol–water partition coefficient (Wildman–Crippen LogP) is 2.26. The van der Waals surface area contributed by atoms with Crippen LogP contribution in [0.25, 0.3) is 0 Å². The molecule has 1 aromatic rings. The van der Waals surface area contributed by atoms with E-state index in [1.807, 2.05) is 0 Å².